The van der Waals surface area contributed by atoms with Crippen LogP contribution in [0.3, 0.4) is 0 Å². The minimum atomic E-state index is -0.709. The van der Waals surface area contributed by atoms with Crippen LogP contribution >= 0.6 is 0 Å². The minimum Gasteiger partial charge on any atom is -0.0619 e. The van der Waals surface area contributed by atoms with Gasteiger partial charge in [0.25, 0.3) is 0 Å². The predicted molar refractivity (Wildman–Crippen MR) is 367 cm³/mol. The van der Waals surface area contributed by atoms with E-state index in [0.29, 0.717) is 0 Å². The summed E-state index contributed by atoms with van der Waals surface area (Å²) in [6, 6.07) is 104. The highest BCUT2D eigenvalue weighted by molar-refractivity contribution is 6.27. The zero-order chi connectivity index (χ0) is 57.4. The Morgan fingerprint density at radius 3 is 0.828 bits per heavy atom. The van der Waals surface area contributed by atoms with Crippen molar-refractivity contribution in [2.45, 2.75) is 43.9 Å². The molecule has 0 aromatic heterocycles. The van der Waals surface area contributed by atoms with Crippen molar-refractivity contribution < 1.29 is 0 Å². The van der Waals surface area contributed by atoms with E-state index in [4.69, 9.17) is 0 Å². The summed E-state index contributed by atoms with van der Waals surface area (Å²) in [6.07, 6.45) is 0. The molecular formula is C87H56. The third kappa shape index (κ3) is 6.08. The van der Waals surface area contributed by atoms with Gasteiger partial charge in [-0.3, -0.25) is 0 Å². The average Bonchev–Trinajstić information content (AvgIpc) is 1.53. The van der Waals surface area contributed by atoms with E-state index in [-0.39, 0.29) is 10.8 Å². The molecule has 87 heavy (non-hydrogen) atoms. The smallest absolute Gasteiger partial charge is 0.0619 e. The van der Waals surface area contributed by atoms with Gasteiger partial charge < -0.3 is 0 Å². The van der Waals surface area contributed by atoms with Gasteiger partial charge in [0.15, 0.2) is 0 Å². The molecule has 0 fully saturated rings. The van der Waals surface area contributed by atoms with Crippen LogP contribution in [0.25, 0.3) is 154 Å². The van der Waals surface area contributed by atoms with Crippen LogP contribution in [0.2, 0.25) is 0 Å². The second-order valence-corrected chi connectivity index (χ2v) is 26.6. The van der Waals surface area contributed by atoms with Crippen LogP contribution in [-0.2, 0) is 16.2 Å². The summed E-state index contributed by atoms with van der Waals surface area (Å²) in [5.74, 6) is 0. The van der Waals surface area contributed by atoms with Crippen molar-refractivity contribution in [3.05, 3.63) is 311 Å². The molecule has 0 radical (unpaired) electrons. The maximum absolute atomic E-state index is 2.61. The normalized spacial score (nSPS) is 14.9. The Morgan fingerprint density at radius 1 is 0.184 bits per heavy atom. The van der Waals surface area contributed by atoms with E-state index in [1.54, 1.807) is 0 Å². The van der Waals surface area contributed by atoms with Crippen LogP contribution in [0.1, 0.15) is 72.2 Å². The van der Waals surface area contributed by atoms with Crippen LogP contribution < -0.4 is 0 Å². The molecule has 0 N–H and O–H groups in total. The molecule has 0 amide bonds. The van der Waals surface area contributed by atoms with Gasteiger partial charge in [0.1, 0.15) is 0 Å². The number of benzene rings is 16. The highest BCUT2D eigenvalue weighted by Gasteiger charge is 2.53. The predicted octanol–water partition coefficient (Wildman–Crippen LogP) is 23.1. The van der Waals surface area contributed by atoms with Gasteiger partial charge in [0.2, 0.25) is 0 Å². The summed E-state index contributed by atoms with van der Waals surface area (Å²) in [5.41, 5.74) is 30.4. The maximum atomic E-state index is 2.61. The molecular weight excluding hydrogens is 1040 g/mol. The van der Waals surface area contributed by atoms with Gasteiger partial charge in [0.05, 0.1) is 5.41 Å². The lowest BCUT2D eigenvalue weighted by Crippen LogP contribution is -2.26. The third-order valence-corrected chi connectivity index (χ3v) is 21.8. The number of fused-ring (bicyclic) bond motifs is 16. The van der Waals surface area contributed by atoms with Gasteiger partial charge in [-0.05, 0) is 235 Å². The molecule has 0 saturated heterocycles. The Bertz CT molecular complexity index is 5370. The summed E-state index contributed by atoms with van der Waals surface area (Å²) < 4.78 is 0. The fourth-order valence-corrected chi connectivity index (χ4v) is 17.7. The van der Waals surface area contributed by atoms with Crippen molar-refractivity contribution >= 4 is 64.6 Å². The number of rotatable bonds is 4. The first kappa shape index (κ1) is 47.9. The Morgan fingerprint density at radius 2 is 0.448 bits per heavy atom. The van der Waals surface area contributed by atoms with Gasteiger partial charge >= 0.3 is 0 Å². The van der Waals surface area contributed by atoms with Gasteiger partial charge in [-0.2, -0.15) is 0 Å². The second-order valence-electron chi connectivity index (χ2n) is 26.6. The van der Waals surface area contributed by atoms with Crippen molar-refractivity contribution in [1.82, 2.24) is 0 Å². The van der Waals surface area contributed by atoms with Crippen LogP contribution in [-0.4, -0.2) is 0 Å². The minimum absolute atomic E-state index is 0.130. The zero-order valence-corrected chi connectivity index (χ0v) is 48.9. The Labute approximate surface area is 506 Å². The third-order valence-electron chi connectivity index (χ3n) is 21.8. The summed E-state index contributed by atoms with van der Waals surface area (Å²) in [6.45, 7) is 9.60. The topological polar surface area (TPSA) is 0 Å². The summed E-state index contributed by atoms with van der Waals surface area (Å²) in [4.78, 5) is 0. The van der Waals surface area contributed by atoms with Crippen LogP contribution in [0.15, 0.2) is 267 Å². The van der Waals surface area contributed by atoms with Crippen molar-refractivity contribution in [2.75, 3.05) is 0 Å². The Kier molecular flexibility index (Phi) is 9.09. The first-order valence-electron chi connectivity index (χ1n) is 31.0. The summed E-state index contributed by atoms with van der Waals surface area (Å²) in [7, 11) is 0. The molecule has 0 aliphatic heterocycles. The van der Waals surface area contributed by atoms with E-state index in [2.05, 4.69) is 295 Å². The SMILES string of the molecule is CC1(C)c2ccccc2-c2ccc(-c3ccc4c(c3)C3(c5cc(-c6ccc7c(c6)C(C)(C)c6ccccc6-7)ccc5-c5ccc(-c6ccc7ccc8cccc9ccc6c7c89)cc53)c3cc(-c5ccc6ccc7cccc8ccc5c6c78)ccc3-4)cc21. The number of hydrogen-bond acceptors (Lipinski definition) is 0. The highest BCUT2D eigenvalue weighted by Crippen LogP contribution is 2.65. The van der Waals surface area contributed by atoms with E-state index < -0.39 is 5.41 Å². The molecule has 0 heterocycles. The summed E-state index contributed by atoms with van der Waals surface area (Å²) >= 11 is 0. The average molecular weight is 1100 g/mol. The molecule has 0 atom stereocenters. The fourth-order valence-electron chi connectivity index (χ4n) is 17.7. The molecule has 404 valence electrons. The standard InChI is InChI=1S/C87H56/c1-85(2)73-17-7-5-15-63(73)65-35-27-55(43-75(65)85)57-29-37-67-69-39-31-59(61-33-23-53-21-19-49-11-9-13-51-25-41-71(61)83(53)81(49)51)47-79(69)87(77(67)45-57)78-46-58(56-28-36-66-64-16-6-8-18-74(64)86(3,4)76(66)44-56)30-38-68(78)70-40-32-60(48-80(70)87)62-34-24-54-22-20-50-12-10-14-52-26-42-72(62)84(54)82(50)52/h5-48H,1-4H3. The molecule has 16 aromatic rings. The monoisotopic (exact) mass is 1100 g/mol. The molecule has 4 aliphatic carbocycles. The van der Waals surface area contributed by atoms with Gasteiger partial charge in [-0.25, -0.2) is 0 Å². The molecule has 0 heteroatoms. The first-order chi connectivity index (χ1) is 42.6. The molecule has 4 aliphatic rings. The summed E-state index contributed by atoms with van der Waals surface area (Å²) in [5, 5.41) is 15.6. The van der Waals surface area contributed by atoms with Crippen molar-refractivity contribution in [3.63, 3.8) is 0 Å². The maximum Gasteiger partial charge on any atom is 0.0726 e. The van der Waals surface area contributed by atoms with E-state index in [9.17, 15) is 0 Å². The van der Waals surface area contributed by atoms with E-state index >= 15 is 0 Å². The Hall–Kier alpha value is -10.4. The second kappa shape index (κ2) is 16.5. The number of hydrogen-bond donors (Lipinski definition) is 0. The first-order valence-corrected chi connectivity index (χ1v) is 31.0. The van der Waals surface area contributed by atoms with Crippen molar-refractivity contribution in [1.29, 1.82) is 0 Å². The molecule has 0 bridgehead atoms. The van der Waals surface area contributed by atoms with Crippen molar-refractivity contribution in [3.8, 4) is 89.0 Å². The molecule has 20 rings (SSSR count). The van der Waals surface area contributed by atoms with E-state index in [0.717, 1.165) is 0 Å². The quantitative estimate of drug-likeness (QED) is 0.154. The van der Waals surface area contributed by atoms with E-state index in [1.807, 2.05) is 0 Å². The zero-order valence-electron chi connectivity index (χ0n) is 48.9. The fraction of sp³-hybridized carbons (Fsp3) is 0.0805. The van der Waals surface area contributed by atoms with E-state index in [1.165, 1.54) is 198 Å². The largest absolute Gasteiger partial charge is 0.0726 e. The van der Waals surface area contributed by atoms with Crippen molar-refractivity contribution in [2.24, 2.45) is 0 Å². The Balaban J connectivity index is 0.872. The van der Waals surface area contributed by atoms with Gasteiger partial charge in [-0.15, -0.1) is 0 Å². The molecule has 16 aromatic carbocycles. The lowest BCUT2D eigenvalue weighted by atomic mass is 9.69. The lowest BCUT2D eigenvalue weighted by molar-refractivity contribution is 0.660. The van der Waals surface area contributed by atoms with Crippen LogP contribution in [0.4, 0.5) is 0 Å². The molecule has 0 saturated carbocycles. The molecule has 0 nitrogen and oxygen atoms in total. The van der Waals surface area contributed by atoms with Gasteiger partial charge in [-0.1, -0.05) is 258 Å². The van der Waals surface area contributed by atoms with Gasteiger partial charge in [0, 0.05) is 10.8 Å². The molecule has 1 spiro atoms. The highest BCUT2D eigenvalue weighted by atomic mass is 14.5. The molecule has 0 unspecified atom stereocenters. The van der Waals surface area contributed by atoms with Crippen LogP contribution in [0.5, 0.6) is 0 Å². The van der Waals surface area contributed by atoms with Crippen LogP contribution in [0, 0.1) is 0 Å². The lowest BCUT2D eigenvalue weighted by Gasteiger charge is -2.32.